The van der Waals surface area contributed by atoms with Gasteiger partial charge in [0.05, 0.1) is 15.9 Å². The lowest BCUT2D eigenvalue weighted by Gasteiger charge is -2.14. The van der Waals surface area contributed by atoms with Gasteiger partial charge in [-0.3, -0.25) is 19.7 Å². The standard InChI is InChI=1S/C11H10N2O4S/c1-6-2-7(4-8(3-6)13(16)17)12-10(14)5-9(18)11(12)15/h2-4,9,18H,5H2,1H3. The summed E-state index contributed by atoms with van der Waals surface area (Å²) >= 11 is 4.00. The van der Waals surface area contributed by atoms with E-state index in [9.17, 15) is 19.7 Å². The van der Waals surface area contributed by atoms with Gasteiger partial charge in [0.1, 0.15) is 0 Å². The molecule has 1 unspecified atom stereocenters. The largest absolute Gasteiger partial charge is 0.274 e. The molecule has 1 aliphatic heterocycles. The first-order valence-corrected chi connectivity index (χ1v) is 5.72. The Morgan fingerprint density at radius 2 is 2.06 bits per heavy atom. The minimum atomic E-state index is -0.669. The SMILES string of the molecule is Cc1cc(N2C(=O)CC(S)C2=O)cc([N+](=O)[O-])c1. The number of rotatable bonds is 2. The molecule has 18 heavy (non-hydrogen) atoms. The fourth-order valence-electron chi connectivity index (χ4n) is 1.86. The van der Waals surface area contributed by atoms with Crippen molar-refractivity contribution in [2.75, 3.05) is 4.90 Å². The topological polar surface area (TPSA) is 80.5 Å². The number of thiol groups is 1. The molecule has 0 N–H and O–H groups in total. The highest BCUT2D eigenvalue weighted by molar-refractivity contribution is 7.82. The lowest BCUT2D eigenvalue weighted by Crippen LogP contribution is -2.30. The molecule has 6 nitrogen and oxygen atoms in total. The molecule has 0 aliphatic carbocycles. The average molecular weight is 266 g/mol. The predicted molar refractivity (Wildman–Crippen MR) is 67.7 cm³/mol. The Labute approximate surface area is 108 Å². The van der Waals surface area contributed by atoms with Gasteiger partial charge in [-0.1, -0.05) is 0 Å². The van der Waals surface area contributed by atoms with Crippen molar-refractivity contribution in [3.05, 3.63) is 33.9 Å². The number of benzene rings is 1. The van der Waals surface area contributed by atoms with Gasteiger partial charge in [-0.15, -0.1) is 0 Å². The highest BCUT2D eigenvalue weighted by Crippen LogP contribution is 2.29. The first kappa shape index (κ1) is 12.6. The number of nitro groups is 1. The summed E-state index contributed by atoms with van der Waals surface area (Å²) in [5, 5.41) is 10.1. The van der Waals surface area contributed by atoms with Gasteiger partial charge in [-0.25, -0.2) is 4.90 Å². The summed E-state index contributed by atoms with van der Waals surface area (Å²) in [6.45, 7) is 1.67. The van der Waals surface area contributed by atoms with E-state index in [1.54, 1.807) is 13.0 Å². The Hall–Kier alpha value is -1.89. The minimum absolute atomic E-state index is 0.0175. The number of carbonyl (C=O) groups is 2. The van der Waals surface area contributed by atoms with Crippen molar-refractivity contribution >= 4 is 35.8 Å². The molecule has 7 heteroatoms. The molecule has 2 rings (SSSR count). The van der Waals surface area contributed by atoms with Gasteiger partial charge in [-0.05, 0) is 18.6 Å². The van der Waals surface area contributed by atoms with Gasteiger partial charge in [0.2, 0.25) is 11.8 Å². The van der Waals surface area contributed by atoms with E-state index < -0.39 is 16.1 Å². The molecule has 94 valence electrons. The van der Waals surface area contributed by atoms with Crippen LogP contribution in [0.4, 0.5) is 11.4 Å². The Kier molecular flexibility index (Phi) is 3.08. The van der Waals surface area contributed by atoms with Gasteiger partial charge >= 0.3 is 0 Å². The van der Waals surface area contributed by atoms with E-state index in [0.717, 1.165) is 4.90 Å². The maximum Gasteiger partial charge on any atom is 0.271 e. The molecule has 1 atom stereocenters. The summed E-state index contributed by atoms with van der Waals surface area (Å²) in [7, 11) is 0. The molecule has 1 aromatic carbocycles. The zero-order chi connectivity index (χ0) is 13.4. The zero-order valence-electron chi connectivity index (χ0n) is 9.49. The fourth-order valence-corrected chi connectivity index (χ4v) is 2.14. The van der Waals surface area contributed by atoms with E-state index in [-0.39, 0.29) is 23.7 Å². The normalized spacial score (nSPS) is 19.4. The van der Waals surface area contributed by atoms with Crippen LogP contribution in [0.2, 0.25) is 0 Å². The van der Waals surface area contributed by atoms with Gasteiger partial charge in [-0.2, -0.15) is 12.6 Å². The number of carbonyl (C=O) groups excluding carboxylic acids is 2. The predicted octanol–water partition coefficient (Wildman–Crippen LogP) is 1.46. The molecule has 2 amide bonds. The van der Waals surface area contributed by atoms with Crippen LogP contribution < -0.4 is 4.90 Å². The third kappa shape index (κ3) is 2.08. The molecule has 0 aromatic heterocycles. The number of hydrogen-bond donors (Lipinski definition) is 1. The number of nitro benzene ring substituents is 1. The molecular formula is C11H10N2O4S. The Morgan fingerprint density at radius 3 is 2.56 bits per heavy atom. The van der Waals surface area contributed by atoms with E-state index in [0.29, 0.717) is 5.56 Å². The molecular weight excluding hydrogens is 256 g/mol. The third-order valence-corrected chi connectivity index (χ3v) is 3.04. The van der Waals surface area contributed by atoms with Crippen LogP contribution in [0.1, 0.15) is 12.0 Å². The molecule has 0 radical (unpaired) electrons. The second kappa shape index (κ2) is 4.41. The summed E-state index contributed by atoms with van der Waals surface area (Å²) < 4.78 is 0. The summed E-state index contributed by atoms with van der Waals surface area (Å²) in [6, 6.07) is 4.16. The fraction of sp³-hybridized carbons (Fsp3) is 0.273. The highest BCUT2D eigenvalue weighted by Gasteiger charge is 2.37. The van der Waals surface area contributed by atoms with E-state index >= 15 is 0 Å². The third-order valence-electron chi connectivity index (χ3n) is 2.64. The van der Waals surface area contributed by atoms with Crippen molar-refractivity contribution in [1.29, 1.82) is 0 Å². The minimum Gasteiger partial charge on any atom is -0.274 e. The number of nitrogens with zero attached hydrogens (tertiary/aromatic N) is 2. The van der Waals surface area contributed by atoms with Gasteiger partial charge in [0.15, 0.2) is 0 Å². The molecule has 0 bridgehead atoms. The van der Waals surface area contributed by atoms with E-state index in [4.69, 9.17) is 0 Å². The van der Waals surface area contributed by atoms with Crippen LogP contribution in [0.3, 0.4) is 0 Å². The molecule has 0 spiro atoms. The first-order chi connectivity index (χ1) is 8.40. The summed E-state index contributed by atoms with van der Waals surface area (Å²) in [6.07, 6.45) is 0.0175. The van der Waals surface area contributed by atoms with Crippen molar-refractivity contribution in [2.45, 2.75) is 18.6 Å². The van der Waals surface area contributed by atoms with Crippen molar-refractivity contribution in [3.8, 4) is 0 Å². The molecule has 1 heterocycles. The lowest BCUT2D eigenvalue weighted by molar-refractivity contribution is -0.384. The van der Waals surface area contributed by atoms with Crippen molar-refractivity contribution in [1.82, 2.24) is 0 Å². The maximum atomic E-state index is 11.8. The monoisotopic (exact) mass is 266 g/mol. The number of hydrogen-bond acceptors (Lipinski definition) is 5. The van der Waals surface area contributed by atoms with E-state index in [1.165, 1.54) is 12.1 Å². The summed E-state index contributed by atoms with van der Waals surface area (Å²) in [5.74, 6) is -0.830. The van der Waals surface area contributed by atoms with Crippen LogP contribution in [0.15, 0.2) is 18.2 Å². The number of anilines is 1. The first-order valence-electron chi connectivity index (χ1n) is 5.21. The van der Waals surface area contributed by atoms with Gasteiger partial charge < -0.3 is 0 Å². The lowest BCUT2D eigenvalue weighted by atomic mass is 10.2. The number of non-ortho nitro benzene ring substituents is 1. The molecule has 0 saturated carbocycles. The average Bonchev–Trinajstić information content (AvgIpc) is 2.52. The Morgan fingerprint density at radius 1 is 1.39 bits per heavy atom. The van der Waals surface area contributed by atoms with Crippen molar-refractivity contribution < 1.29 is 14.5 Å². The van der Waals surface area contributed by atoms with Gasteiger partial charge in [0.25, 0.3) is 5.69 Å². The van der Waals surface area contributed by atoms with E-state index in [2.05, 4.69) is 12.6 Å². The Bertz CT molecular complexity index is 558. The molecule has 1 aliphatic rings. The van der Waals surface area contributed by atoms with Crippen LogP contribution in [-0.4, -0.2) is 22.0 Å². The molecule has 1 fully saturated rings. The van der Waals surface area contributed by atoms with Crippen LogP contribution in [-0.2, 0) is 9.59 Å². The van der Waals surface area contributed by atoms with Crippen LogP contribution >= 0.6 is 12.6 Å². The van der Waals surface area contributed by atoms with Crippen molar-refractivity contribution in [3.63, 3.8) is 0 Å². The van der Waals surface area contributed by atoms with E-state index in [1.807, 2.05) is 0 Å². The zero-order valence-corrected chi connectivity index (χ0v) is 10.4. The second-order valence-corrected chi connectivity index (χ2v) is 4.69. The van der Waals surface area contributed by atoms with Crippen LogP contribution in [0.25, 0.3) is 0 Å². The van der Waals surface area contributed by atoms with Gasteiger partial charge in [0, 0.05) is 18.6 Å². The van der Waals surface area contributed by atoms with Crippen LogP contribution in [0.5, 0.6) is 0 Å². The molecule has 1 saturated heterocycles. The van der Waals surface area contributed by atoms with Crippen molar-refractivity contribution in [2.24, 2.45) is 0 Å². The Balaban J connectivity index is 2.48. The smallest absolute Gasteiger partial charge is 0.271 e. The molecule has 1 aromatic rings. The summed E-state index contributed by atoms with van der Waals surface area (Å²) in [4.78, 5) is 34.6. The number of aryl methyl sites for hydroxylation is 1. The maximum absolute atomic E-state index is 11.8. The number of imide groups is 1. The quantitative estimate of drug-likeness (QED) is 0.380. The second-order valence-electron chi connectivity index (χ2n) is 4.07. The summed E-state index contributed by atoms with van der Waals surface area (Å²) in [5.41, 5.74) is 0.698. The highest BCUT2D eigenvalue weighted by atomic mass is 32.1. The number of amides is 2. The van der Waals surface area contributed by atoms with Crippen LogP contribution in [0, 0.1) is 17.0 Å².